The molecule has 2 amide bonds. The van der Waals surface area contributed by atoms with E-state index in [4.69, 9.17) is 11.6 Å². The van der Waals surface area contributed by atoms with Gasteiger partial charge in [-0.3, -0.25) is 19.2 Å². The highest BCUT2D eigenvalue weighted by Gasteiger charge is 2.47. The maximum Gasteiger partial charge on any atom is 0.263 e. The second kappa shape index (κ2) is 8.00. The summed E-state index contributed by atoms with van der Waals surface area (Å²) in [4.78, 5) is 30.8. The van der Waals surface area contributed by atoms with Gasteiger partial charge in [0.25, 0.3) is 10.0 Å². The van der Waals surface area contributed by atoms with Crippen LogP contribution in [0.1, 0.15) is 36.8 Å². The molecule has 1 aromatic heterocycles. The van der Waals surface area contributed by atoms with Crippen LogP contribution in [0.5, 0.6) is 0 Å². The molecule has 1 N–H and O–H groups in total. The third kappa shape index (κ3) is 3.94. The maximum atomic E-state index is 12.9. The molecule has 1 saturated carbocycles. The van der Waals surface area contributed by atoms with Crippen molar-refractivity contribution in [3.8, 4) is 0 Å². The molecule has 2 atom stereocenters. The lowest BCUT2D eigenvalue weighted by atomic mass is 9.81. The number of pyridine rings is 1. The van der Waals surface area contributed by atoms with E-state index in [1.807, 2.05) is 0 Å². The highest BCUT2D eigenvalue weighted by atomic mass is 35.5. The van der Waals surface area contributed by atoms with Crippen molar-refractivity contribution in [3.05, 3.63) is 52.7 Å². The minimum absolute atomic E-state index is 0.0761. The van der Waals surface area contributed by atoms with Gasteiger partial charge in [0.1, 0.15) is 5.82 Å². The van der Waals surface area contributed by atoms with Gasteiger partial charge in [-0.15, -0.1) is 0 Å². The fourth-order valence-electron chi connectivity index (χ4n) is 4.23. The van der Waals surface area contributed by atoms with Crippen LogP contribution in [0, 0.1) is 18.8 Å². The quantitative estimate of drug-likeness (QED) is 0.707. The first-order valence-corrected chi connectivity index (χ1v) is 11.7. The molecule has 7 nitrogen and oxygen atoms in total. The Kier molecular flexibility index (Phi) is 5.55. The zero-order chi connectivity index (χ0) is 21.5. The molecule has 1 aliphatic carbocycles. The molecule has 2 heterocycles. The minimum atomic E-state index is -3.90. The van der Waals surface area contributed by atoms with E-state index in [9.17, 15) is 18.0 Å². The van der Waals surface area contributed by atoms with E-state index in [-0.39, 0.29) is 40.9 Å². The number of aryl methyl sites for hydroxylation is 1. The van der Waals surface area contributed by atoms with Crippen LogP contribution >= 0.6 is 11.6 Å². The normalized spacial score (nSPS) is 21.6. The van der Waals surface area contributed by atoms with E-state index in [1.54, 1.807) is 25.1 Å². The fraction of sp³-hybridized carbons (Fsp3) is 0.381. The van der Waals surface area contributed by atoms with Gasteiger partial charge in [0, 0.05) is 6.20 Å². The van der Waals surface area contributed by atoms with Crippen molar-refractivity contribution in [3.63, 3.8) is 0 Å². The number of likely N-dealkylation sites (tertiary alicyclic amines) is 1. The Morgan fingerprint density at radius 1 is 1.10 bits per heavy atom. The number of carbonyl (C=O) groups excluding carboxylic acids is 2. The van der Waals surface area contributed by atoms with Crippen LogP contribution in [0.4, 0.5) is 5.82 Å². The van der Waals surface area contributed by atoms with E-state index in [2.05, 4.69) is 9.71 Å². The second-order valence-corrected chi connectivity index (χ2v) is 9.91. The number of anilines is 1. The molecule has 9 heteroatoms. The van der Waals surface area contributed by atoms with Crippen molar-refractivity contribution < 1.29 is 18.0 Å². The lowest BCUT2D eigenvalue weighted by molar-refractivity contribution is -0.140. The Morgan fingerprint density at radius 2 is 1.77 bits per heavy atom. The Bertz CT molecular complexity index is 1080. The molecular formula is C21H22ClN3O4S. The summed E-state index contributed by atoms with van der Waals surface area (Å²) in [5.74, 6) is -0.579. The summed E-state index contributed by atoms with van der Waals surface area (Å²) in [5, 5.41) is 0.400. The van der Waals surface area contributed by atoms with E-state index in [0.29, 0.717) is 16.1 Å². The summed E-state index contributed by atoms with van der Waals surface area (Å²) in [5.41, 5.74) is 1.14. The summed E-state index contributed by atoms with van der Waals surface area (Å²) < 4.78 is 28.2. The monoisotopic (exact) mass is 447 g/mol. The van der Waals surface area contributed by atoms with Crippen LogP contribution in [-0.4, -0.2) is 30.1 Å². The van der Waals surface area contributed by atoms with Gasteiger partial charge in [0.2, 0.25) is 11.8 Å². The molecule has 2 aromatic rings. The van der Waals surface area contributed by atoms with Crippen molar-refractivity contribution in [1.29, 1.82) is 0 Å². The van der Waals surface area contributed by atoms with Crippen LogP contribution in [0.15, 0.2) is 41.4 Å². The number of fused-ring (bicyclic) bond motifs is 1. The predicted octanol–water partition coefficient (Wildman–Crippen LogP) is 3.52. The Labute approximate surface area is 180 Å². The molecule has 0 spiro atoms. The van der Waals surface area contributed by atoms with Gasteiger partial charge in [-0.05, 0) is 49.1 Å². The molecular weight excluding hydrogens is 426 g/mol. The third-order valence-electron chi connectivity index (χ3n) is 5.78. The highest BCUT2D eigenvalue weighted by molar-refractivity contribution is 7.92. The van der Waals surface area contributed by atoms with Gasteiger partial charge in [-0.25, -0.2) is 13.4 Å². The number of carbonyl (C=O) groups is 2. The number of hydrogen-bond acceptors (Lipinski definition) is 5. The maximum absolute atomic E-state index is 12.9. The number of nitrogens with zero attached hydrogens (tertiary/aromatic N) is 2. The van der Waals surface area contributed by atoms with Gasteiger partial charge >= 0.3 is 0 Å². The number of sulfonamides is 1. The number of benzene rings is 1. The number of rotatable bonds is 5. The van der Waals surface area contributed by atoms with Crippen molar-refractivity contribution in [2.24, 2.45) is 11.8 Å². The number of aromatic nitrogens is 1. The Balaban J connectivity index is 1.58. The van der Waals surface area contributed by atoms with Crippen LogP contribution in [0.3, 0.4) is 0 Å². The van der Waals surface area contributed by atoms with Gasteiger partial charge < -0.3 is 0 Å². The topological polar surface area (TPSA) is 96.4 Å². The van der Waals surface area contributed by atoms with Crippen molar-refractivity contribution in [1.82, 2.24) is 9.88 Å². The number of hydrogen-bond donors (Lipinski definition) is 1. The number of nitrogens with one attached hydrogen (secondary N) is 1. The number of imide groups is 1. The highest BCUT2D eigenvalue weighted by Crippen LogP contribution is 2.38. The molecule has 0 unspecified atom stereocenters. The third-order valence-corrected chi connectivity index (χ3v) is 7.50. The van der Waals surface area contributed by atoms with Gasteiger partial charge in [0.15, 0.2) is 0 Å². The predicted molar refractivity (Wildman–Crippen MR) is 112 cm³/mol. The van der Waals surface area contributed by atoms with Crippen LogP contribution < -0.4 is 4.72 Å². The van der Waals surface area contributed by atoms with Gasteiger partial charge in [0.05, 0.1) is 28.3 Å². The first-order valence-electron chi connectivity index (χ1n) is 9.85. The van der Waals surface area contributed by atoms with E-state index in [1.165, 1.54) is 23.2 Å². The molecule has 30 heavy (non-hydrogen) atoms. The minimum Gasteiger partial charge on any atom is -0.278 e. The summed E-state index contributed by atoms with van der Waals surface area (Å²) in [6.45, 7) is 1.76. The molecule has 0 bridgehead atoms. The molecule has 1 aromatic carbocycles. The van der Waals surface area contributed by atoms with E-state index < -0.39 is 10.0 Å². The Morgan fingerprint density at radius 3 is 2.37 bits per heavy atom. The standard InChI is InChI=1S/C21H22ClN3O4S/c1-13-6-7-14(12-25-20(26)16-4-2-3-5-17(16)21(25)27)10-18(13)30(28,29)24-19-9-8-15(22)11-23-19/h6-11,16-17H,2-5,12H2,1H3,(H,23,24)/t16-,17-/m1/s1. The second-order valence-electron chi connectivity index (χ2n) is 7.83. The van der Waals surface area contributed by atoms with Crippen LogP contribution in [-0.2, 0) is 26.2 Å². The summed E-state index contributed by atoms with van der Waals surface area (Å²) >= 11 is 5.80. The van der Waals surface area contributed by atoms with Crippen LogP contribution in [0.2, 0.25) is 5.02 Å². The van der Waals surface area contributed by atoms with Crippen LogP contribution in [0.25, 0.3) is 0 Å². The van der Waals surface area contributed by atoms with Crippen molar-refractivity contribution >= 4 is 39.3 Å². The molecule has 1 saturated heterocycles. The largest absolute Gasteiger partial charge is 0.278 e. The summed E-state index contributed by atoms with van der Waals surface area (Å²) in [6.07, 6.45) is 4.78. The van der Waals surface area contributed by atoms with Gasteiger partial charge in [-0.2, -0.15) is 0 Å². The summed E-state index contributed by atoms with van der Waals surface area (Å²) in [7, 11) is -3.90. The zero-order valence-electron chi connectivity index (χ0n) is 16.5. The number of amides is 2. The first kappa shape index (κ1) is 20.8. The zero-order valence-corrected chi connectivity index (χ0v) is 18.0. The fourth-order valence-corrected chi connectivity index (χ4v) is 5.65. The van der Waals surface area contributed by atoms with E-state index in [0.717, 1.165) is 25.7 Å². The summed E-state index contributed by atoms with van der Waals surface area (Å²) in [6, 6.07) is 7.95. The Hall–Kier alpha value is -2.45. The first-order chi connectivity index (χ1) is 14.3. The average Bonchev–Trinajstić information content (AvgIpc) is 2.96. The molecule has 158 valence electrons. The van der Waals surface area contributed by atoms with Crippen molar-refractivity contribution in [2.75, 3.05) is 4.72 Å². The molecule has 4 rings (SSSR count). The molecule has 1 aliphatic heterocycles. The number of halogens is 1. The average molecular weight is 448 g/mol. The molecule has 2 aliphatic rings. The van der Waals surface area contributed by atoms with Gasteiger partial charge in [-0.1, -0.05) is 36.6 Å². The molecule has 0 radical (unpaired) electrons. The molecule has 2 fully saturated rings. The SMILES string of the molecule is Cc1ccc(CN2C(=O)[C@@H]3CCCC[C@H]3C2=O)cc1S(=O)(=O)Nc1ccc(Cl)cn1. The lowest BCUT2D eigenvalue weighted by Crippen LogP contribution is -2.30. The smallest absolute Gasteiger partial charge is 0.263 e. The lowest BCUT2D eigenvalue weighted by Gasteiger charge is -2.19. The van der Waals surface area contributed by atoms with Crippen molar-refractivity contribution in [2.45, 2.75) is 44.0 Å². The van der Waals surface area contributed by atoms with E-state index >= 15 is 0 Å².